The van der Waals surface area contributed by atoms with Gasteiger partial charge in [0.1, 0.15) is 0 Å². The SMILES string of the molecule is O=C(CN1CCc2sccc2[C@@H]1c1cccs1)NC(=O)Nc1ccccc1. The molecular formula is C20H19N3O2S2. The molecular weight excluding hydrogens is 378 g/mol. The van der Waals surface area contributed by atoms with E-state index < -0.39 is 6.03 Å². The number of fused-ring (bicyclic) bond motifs is 1. The van der Waals surface area contributed by atoms with Crippen molar-refractivity contribution >= 4 is 40.3 Å². The van der Waals surface area contributed by atoms with Gasteiger partial charge in [0.05, 0.1) is 12.6 Å². The van der Waals surface area contributed by atoms with E-state index >= 15 is 0 Å². The third-order valence-electron chi connectivity index (χ3n) is 4.51. The average Bonchev–Trinajstić information content (AvgIpc) is 3.34. The molecule has 7 heteroatoms. The summed E-state index contributed by atoms with van der Waals surface area (Å²) in [4.78, 5) is 29.3. The number of hydrogen-bond acceptors (Lipinski definition) is 5. The second-order valence-electron chi connectivity index (χ2n) is 6.31. The summed E-state index contributed by atoms with van der Waals surface area (Å²) in [5, 5.41) is 9.28. The number of amides is 3. The molecule has 3 amide bonds. The molecule has 4 rings (SSSR count). The molecule has 3 heterocycles. The number of thiophene rings is 2. The van der Waals surface area contributed by atoms with E-state index in [4.69, 9.17) is 0 Å². The van der Waals surface area contributed by atoms with Gasteiger partial charge in [-0.1, -0.05) is 24.3 Å². The van der Waals surface area contributed by atoms with E-state index in [0.29, 0.717) is 5.69 Å². The molecule has 0 radical (unpaired) electrons. The molecule has 1 atom stereocenters. The number of nitrogens with one attached hydrogen (secondary N) is 2. The minimum absolute atomic E-state index is 0.0722. The summed E-state index contributed by atoms with van der Waals surface area (Å²) in [5.41, 5.74) is 1.93. The Balaban J connectivity index is 1.43. The summed E-state index contributed by atoms with van der Waals surface area (Å²) >= 11 is 3.47. The lowest BCUT2D eigenvalue weighted by atomic mass is 9.98. The molecule has 27 heavy (non-hydrogen) atoms. The molecule has 138 valence electrons. The first-order chi connectivity index (χ1) is 13.2. The Hall–Kier alpha value is -2.48. The molecule has 1 aliphatic heterocycles. The fraction of sp³-hybridized carbons (Fsp3) is 0.200. The van der Waals surface area contributed by atoms with Gasteiger partial charge in [0.25, 0.3) is 0 Å². The molecule has 1 aromatic carbocycles. The summed E-state index contributed by atoms with van der Waals surface area (Å²) in [5.74, 6) is -0.302. The van der Waals surface area contributed by atoms with Gasteiger partial charge in [-0.25, -0.2) is 4.79 Å². The van der Waals surface area contributed by atoms with E-state index in [1.165, 1.54) is 15.3 Å². The highest BCUT2D eigenvalue weighted by atomic mass is 32.1. The van der Waals surface area contributed by atoms with Crippen molar-refractivity contribution in [3.05, 3.63) is 74.6 Å². The van der Waals surface area contributed by atoms with Gasteiger partial charge < -0.3 is 5.32 Å². The monoisotopic (exact) mass is 397 g/mol. The maximum atomic E-state index is 12.5. The molecule has 2 aromatic heterocycles. The highest BCUT2D eigenvalue weighted by Gasteiger charge is 2.31. The van der Waals surface area contributed by atoms with Gasteiger partial charge in [-0.05, 0) is 47.0 Å². The van der Waals surface area contributed by atoms with Crippen LogP contribution in [0.15, 0.2) is 59.3 Å². The van der Waals surface area contributed by atoms with E-state index in [1.54, 1.807) is 34.8 Å². The number of benzene rings is 1. The molecule has 0 saturated carbocycles. The Morgan fingerprint density at radius 3 is 2.67 bits per heavy atom. The standard InChI is InChI=1S/C20H19N3O2S2/c24-18(22-20(25)21-14-5-2-1-3-6-14)13-23-10-8-16-15(9-12-27-16)19(23)17-7-4-11-26-17/h1-7,9,11-12,19H,8,10,13H2,(H2,21,22,24,25)/t19-/m1/s1. The summed E-state index contributed by atoms with van der Waals surface area (Å²) in [6.07, 6.45) is 0.929. The van der Waals surface area contributed by atoms with Crippen molar-refractivity contribution in [2.24, 2.45) is 0 Å². The molecule has 0 unspecified atom stereocenters. The third kappa shape index (κ3) is 4.10. The van der Waals surface area contributed by atoms with Gasteiger partial charge >= 0.3 is 6.03 Å². The lowest BCUT2D eigenvalue weighted by Gasteiger charge is -2.34. The van der Waals surface area contributed by atoms with Crippen LogP contribution in [0.25, 0.3) is 0 Å². The first-order valence-electron chi connectivity index (χ1n) is 8.70. The molecule has 5 nitrogen and oxygen atoms in total. The predicted octanol–water partition coefficient (Wildman–Crippen LogP) is 4.11. The second kappa shape index (κ2) is 8.04. The van der Waals surface area contributed by atoms with Crippen LogP contribution in [0.3, 0.4) is 0 Å². The van der Waals surface area contributed by atoms with Crippen molar-refractivity contribution in [3.8, 4) is 0 Å². The number of anilines is 1. The molecule has 1 aliphatic rings. The number of para-hydroxylation sites is 1. The van der Waals surface area contributed by atoms with E-state index in [2.05, 4.69) is 38.4 Å². The zero-order chi connectivity index (χ0) is 18.6. The van der Waals surface area contributed by atoms with Gasteiger partial charge in [0.15, 0.2) is 0 Å². The number of carbonyl (C=O) groups is 2. The first-order valence-corrected chi connectivity index (χ1v) is 10.5. The summed E-state index contributed by atoms with van der Waals surface area (Å²) in [7, 11) is 0. The van der Waals surface area contributed by atoms with Gasteiger partial charge in [-0.2, -0.15) is 0 Å². The molecule has 0 fully saturated rings. The predicted molar refractivity (Wildman–Crippen MR) is 109 cm³/mol. The van der Waals surface area contributed by atoms with Crippen LogP contribution in [-0.2, 0) is 11.2 Å². The van der Waals surface area contributed by atoms with Crippen LogP contribution in [0.4, 0.5) is 10.5 Å². The van der Waals surface area contributed by atoms with Crippen molar-refractivity contribution in [2.75, 3.05) is 18.4 Å². The maximum absolute atomic E-state index is 12.5. The smallest absolute Gasteiger partial charge is 0.308 e. The third-order valence-corrected chi connectivity index (χ3v) is 6.43. The topological polar surface area (TPSA) is 61.4 Å². The van der Waals surface area contributed by atoms with Crippen LogP contribution >= 0.6 is 22.7 Å². The summed E-state index contributed by atoms with van der Waals surface area (Å²) < 4.78 is 0. The summed E-state index contributed by atoms with van der Waals surface area (Å²) in [6, 6.07) is 14.9. The van der Waals surface area contributed by atoms with E-state index in [-0.39, 0.29) is 18.5 Å². The van der Waals surface area contributed by atoms with Crippen LogP contribution in [0.2, 0.25) is 0 Å². The lowest BCUT2D eigenvalue weighted by Crippen LogP contribution is -2.45. The number of carbonyl (C=O) groups excluding carboxylic acids is 2. The Labute approximate surface area is 165 Å². The van der Waals surface area contributed by atoms with Crippen molar-refractivity contribution < 1.29 is 9.59 Å². The largest absolute Gasteiger partial charge is 0.325 e. The maximum Gasteiger partial charge on any atom is 0.325 e. The Bertz CT molecular complexity index is 922. The highest BCUT2D eigenvalue weighted by Crippen LogP contribution is 2.39. The molecule has 0 spiro atoms. The van der Waals surface area contributed by atoms with Gasteiger partial charge in [0.2, 0.25) is 5.91 Å². The summed E-state index contributed by atoms with van der Waals surface area (Å²) in [6.45, 7) is 0.976. The first kappa shape index (κ1) is 17.9. The zero-order valence-corrected chi connectivity index (χ0v) is 16.2. The zero-order valence-electron chi connectivity index (χ0n) is 14.6. The minimum atomic E-state index is -0.507. The van der Waals surface area contributed by atoms with Crippen molar-refractivity contribution in [3.63, 3.8) is 0 Å². The van der Waals surface area contributed by atoms with Crippen molar-refractivity contribution in [1.29, 1.82) is 0 Å². The lowest BCUT2D eigenvalue weighted by molar-refractivity contribution is -0.121. The fourth-order valence-corrected chi connectivity index (χ4v) is 5.13. The molecule has 2 N–H and O–H groups in total. The Kier molecular flexibility index (Phi) is 5.33. The minimum Gasteiger partial charge on any atom is -0.308 e. The van der Waals surface area contributed by atoms with Gasteiger partial charge in [0, 0.05) is 22.0 Å². The highest BCUT2D eigenvalue weighted by molar-refractivity contribution is 7.10. The Morgan fingerprint density at radius 1 is 1.04 bits per heavy atom. The number of nitrogens with zero attached hydrogens (tertiary/aromatic N) is 1. The van der Waals surface area contributed by atoms with E-state index in [9.17, 15) is 9.59 Å². The number of rotatable bonds is 4. The number of hydrogen-bond donors (Lipinski definition) is 2. The van der Waals surface area contributed by atoms with Crippen LogP contribution in [0, 0.1) is 0 Å². The molecule has 0 aliphatic carbocycles. The van der Waals surface area contributed by atoms with Gasteiger partial charge in [-0.3, -0.25) is 15.0 Å². The van der Waals surface area contributed by atoms with Crippen LogP contribution < -0.4 is 10.6 Å². The molecule has 0 saturated heterocycles. The van der Waals surface area contributed by atoms with Crippen LogP contribution in [-0.4, -0.2) is 29.9 Å². The van der Waals surface area contributed by atoms with Crippen molar-refractivity contribution in [2.45, 2.75) is 12.5 Å². The van der Waals surface area contributed by atoms with Crippen LogP contribution in [0.1, 0.15) is 21.4 Å². The normalized spacial score (nSPS) is 16.5. The fourth-order valence-electron chi connectivity index (χ4n) is 3.35. The Morgan fingerprint density at radius 2 is 1.89 bits per heavy atom. The van der Waals surface area contributed by atoms with Crippen LogP contribution in [0.5, 0.6) is 0 Å². The quantitative estimate of drug-likeness (QED) is 0.697. The van der Waals surface area contributed by atoms with Gasteiger partial charge in [-0.15, -0.1) is 22.7 Å². The number of imide groups is 1. The van der Waals surface area contributed by atoms with E-state index in [1.807, 2.05) is 24.3 Å². The molecule has 0 bridgehead atoms. The molecule has 3 aromatic rings. The van der Waals surface area contributed by atoms with Crippen molar-refractivity contribution in [1.82, 2.24) is 10.2 Å². The second-order valence-corrected chi connectivity index (χ2v) is 8.29. The van der Waals surface area contributed by atoms with E-state index in [0.717, 1.165) is 13.0 Å². The average molecular weight is 398 g/mol. The number of urea groups is 1.